The number of amidine groups is 1. The Bertz CT molecular complexity index is 1260. The van der Waals surface area contributed by atoms with Gasteiger partial charge in [-0.25, -0.2) is 4.68 Å². The van der Waals surface area contributed by atoms with Crippen LogP contribution in [0.3, 0.4) is 0 Å². The number of aromatic nitrogens is 2. The first-order valence-electron chi connectivity index (χ1n) is 11.3. The lowest BCUT2D eigenvalue weighted by molar-refractivity contribution is -0.113. The van der Waals surface area contributed by atoms with Gasteiger partial charge < -0.3 is 14.4 Å². The van der Waals surface area contributed by atoms with Crippen molar-refractivity contribution < 1.29 is 14.3 Å². The number of ether oxygens (including phenoxy) is 2. The zero-order valence-corrected chi connectivity index (χ0v) is 20.0. The third-order valence-corrected chi connectivity index (χ3v) is 6.99. The lowest BCUT2D eigenvalue weighted by atomic mass is 10.1. The Labute approximate surface area is 203 Å². The molecule has 2 aliphatic rings. The highest BCUT2D eigenvalue weighted by Crippen LogP contribution is 2.36. The molecule has 174 valence electrons. The molecular weight excluding hydrogens is 448 g/mol. The van der Waals surface area contributed by atoms with E-state index < -0.39 is 0 Å². The molecule has 0 spiro atoms. The SMILES string of the molecule is COc1ccc(-c2nn(-c3ccccc3)cc2C=C2SC(N3CCCCC3)=NC2=O)cc1OC. The fraction of sp³-hybridized carbons (Fsp3) is 0.269. The molecule has 0 radical (unpaired) electrons. The summed E-state index contributed by atoms with van der Waals surface area (Å²) in [5.74, 6) is 1.07. The predicted molar refractivity (Wildman–Crippen MR) is 136 cm³/mol. The molecule has 0 N–H and O–H groups in total. The van der Waals surface area contributed by atoms with Crippen molar-refractivity contribution in [1.82, 2.24) is 14.7 Å². The van der Waals surface area contributed by atoms with Crippen LogP contribution in [-0.4, -0.2) is 53.1 Å². The van der Waals surface area contributed by atoms with Crippen molar-refractivity contribution in [2.75, 3.05) is 27.3 Å². The molecule has 1 aromatic heterocycles. The minimum atomic E-state index is -0.198. The van der Waals surface area contributed by atoms with Gasteiger partial charge in [0.25, 0.3) is 5.91 Å². The van der Waals surface area contributed by atoms with Crippen molar-refractivity contribution in [2.45, 2.75) is 19.3 Å². The van der Waals surface area contributed by atoms with Gasteiger partial charge >= 0.3 is 0 Å². The highest BCUT2D eigenvalue weighted by molar-refractivity contribution is 8.18. The molecule has 2 aromatic carbocycles. The van der Waals surface area contributed by atoms with Crippen LogP contribution in [0.5, 0.6) is 11.5 Å². The van der Waals surface area contributed by atoms with Crippen LogP contribution in [0.15, 0.2) is 64.6 Å². The second-order valence-electron chi connectivity index (χ2n) is 8.14. The number of hydrogen-bond acceptors (Lipinski definition) is 6. The lowest BCUT2D eigenvalue weighted by Crippen LogP contribution is -2.33. The van der Waals surface area contributed by atoms with Gasteiger partial charge in [-0.3, -0.25) is 4.79 Å². The normalized spacial score (nSPS) is 17.2. The van der Waals surface area contributed by atoms with E-state index in [1.165, 1.54) is 18.2 Å². The quantitative estimate of drug-likeness (QED) is 0.484. The van der Waals surface area contributed by atoms with Gasteiger partial charge in [0.15, 0.2) is 16.7 Å². The maximum absolute atomic E-state index is 12.8. The molecule has 5 rings (SSSR count). The van der Waals surface area contributed by atoms with Crippen LogP contribution >= 0.6 is 11.8 Å². The van der Waals surface area contributed by atoms with Crippen LogP contribution in [0.4, 0.5) is 0 Å². The Morgan fingerprint density at radius 2 is 1.74 bits per heavy atom. The van der Waals surface area contributed by atoms with E-state index in [-0.39, 0.29) is 5.91 Å². The number of para-hydroxylation sites is 1. The fourth-order valence-corrected chi connectivity index (χ4v) is 5.13. The minimum absolute atomic E-state index is 0.198. The van der Waals surface area contributed by atoms with Crippen LogP contribution in [0.25, 0.3) is 23.0 Å². The van der Waals surface area contributed by atoms with Crippen LogP contribution in [0, 0.1) is 0 Å². The first kappa shape index (κ1) is 22.3. The van der Waals surface area contributed by atoms with Crippen LogP contribution in [0.2, 0.25) is 0 Å². The van der Waals surface area contributed by atoms with Crippen molar-refractivity contribution in [2.24, 2.45) is 4.99 Å². The number of aliphatic imine (C=N–C) groups is 1. The summed E-state index contributed by atoms with van der Waals surface area (Å²) in [7, 11) is 3.22. The highest BCUT2D eigenvalue weighted by Gasteiger charge is 2.27. The first-order chi connectivity index (χ1) is 16.7. The van der Waals surface area contributed by atoms with Gasteiger partial charge in [0.05, 0.1) is 24.8 Å². The fourth-order valence-electron chi connectivity index (χ4n) is 4.17. The Kier molecular flexibility index (Phi) is 6.40. The number of piperidine rings is 1. The minimum Gasteiger partial charge on any atom is -0.493 e. The smallest absolute Gasteiger partial charge is 0.286 e. The average Bonchev–Trinajstić information content (AvgIpc) is 3.48. The number of hydrogen-bond donors (Lipinski definition) is 0. The number of benzene rings is 2. The molecule has 0 saturated carbocycles. The highest BCUT2D eigenvalue weighted by atomic mass is 32.2. The summed E-state index contributed by atoms with van der Waals surface area (Å²) in [6, 6.07) is 15.6. The van der Waals surface area contributed by atoms with Crippen LogP contribution in [-0.2, 0) is 4.79 Å². The summed E-state index contributed by atoms with van der Waals surface area (Å²) in [5.41, 5.74) is 3.38. The first-order valence-corrected chi connectivity index (χ1v) is 12.1. The van der Waals surface area contributed by atoms with Crippen molar-refractivity contribution in [3.05, 3.63) is 65.2 Å². The van der Waals surface area contributed by atoms with Gasteiger partial charge in [-0.15, -0.1) is 0 Å². The maximum atomic E-state index is 12.8. The molecule has 2 aliphatic heterocycles. The number of amides is 1. The van der Waals surface area contributed by atoms with Crippen molar-refractivity contribution >= 4 is 28.9 Å². The van der Waals surface area contributed by atoms with E-state index in [1.807, 2.05) is 65.5 Å². The number of methoxy groups -OCH3 is 2. The molecule has 0 atom stereocenters. The third-order valence-electron chi connectivity index (χ3n) is 5.94. The molecule has 3 aromatic rings. The number of carbonyl (C=O) groups is 1. The second-order valence-corrected chi connectivity index (χ2v) is 9.15. The molecule has 0 bridgehead atoms. The number of thioether (sulfide) groups is 1. The number of carbonyl (C=O) groups excluding carboxylic acids is 1. The molecule has 0 unspecified atom stereocenters. The van der Waals surface area contributed by atoms with Gasteiger partial charge in [-0.2, -0.15) is 10.1 Å². The van der Waals surface area contributed by atoms with E-state index in [2.05, 4.69) is 9.89 Å². The van der Waals surface area contributed by atoms with Crippen molar-refractivity contribution in [3.63, 3.8) is 0 Å². The van der Waals surface area contributed by atoms with Gasteiger partial charge in [0.1, 0.15) is 5.69 Å². The molecule has 1 saturated heterocycles. The molecular formula is C26H26N4O3S. The van der Waals surface area contributed by atoms with Gasteiger partial charge in [-0.1, -0.05) is 18.2 Å². The van der Waals surface area contributed by atoms with E-state index in [1.54, 1.807) is 14.2 Å². The number of likely N-dealkylation sites (tertiary alicyclic amines) is 1. The average molecular weight is 475 g/mol. The molecule has 8 heteroatoms. The van der Waals surface area contributed by atoms with Gasteiger partial charge in [0, 0.05) is 30.4 Å². The topological polar surface area (TPSA) is 69.0 Å². The van der Waals surface area contributed by atoms with E-state index in [0.29, 0.717) is 16.4 Å². The molecule has 3 heterocycles. The van der Waals surface area contributed by atoms with E-state index in [9.17, 15) is 4.79 Å². The summed E-state index contributed by atoms with van der Waals surface area (Å²) in [6.45, 7) is 1.91. The Balaban J connectivity index is 1.54. The summed E-state index contributed by atoms with van der Waals surface area (Å²) in [4.78, 5) is 19.9. The third kappa shape index (κ3) is 4.46. The summed E-state index contributed by atoms with van der Waals surface area (Å²) in [5, 5.41) is 5.67. The van der Waals surface area contributed by atoms with Gasteiger partial charge in [-0.05, 0) is 67.4 Å². The van der Waals surface area contributed by atoms with E-state index in [4.69, 9.17) is 14.6 Å². The van der Waals surface area contributed by atoms with E-state index >= 15 is 0 Å². The standard InChI is InChI=1S/C26H26N4O3S/c1-32-21-12-11-18(15-22(21)33-2)24-19(17-30(28-24)20-9-5-3-6-10-20)16-23-25(31)27-26(34-23)29-13-7-4-8-14-29/h3,5-6,9-12,15-17H,4,7-8,13-14H2,1-2H3. The molecule has 1 amide bonds. The molecule has 0 aliphatic carbocycles. The molecule has 34 heavy (non-hydrogen) atoms. The molecule has 7 nitrogen and oxygen atoms in total. The van der Waals surface area contributed by atoms with Gasteiger partial charge in [0.2, 0.25) is 0 Å². The largest absolute Gasteiger partial charge is 0.493 e. The van der Waals surface area contributed by atoms with Crippen LogP contribution in [0.1, 0.15) is 24.8 Å². The summed E-state index contributed by atoms with van der Waals surface area (Å²) >= 11 is 1.45. The van der Waals surface area contributed by atoms with E-state index in [0.717, 1.165) is 53.6 Å². The summed E-state index contributed by atoms with van der Waals surface area (Å²) < 4.78 is 12.7. The number of nitrogens with zero attached hydrogens (tertiary/aromatic N) is 4. The predicted octanol–water partition coefficient (Wildman–Crippen LogP) is 5.01. The maximum Gasteiger partial charge on any atom is 0.286 e. The number of rotatable bonds is 5. The van der Waals surface area contributed by atoms with Crippen molar-refractivity contribution in [3.8, 4) is 28.4 Å². The zero-order chi connectivity index (χ0) is 23.5. The Hall–Kier alpha value is -3.52. The summed E-state index contributed by atoms with van der Waals surface area (Å²) in [6.07, 6.45) is 7.35. The lowest BCUT2D eigenvalue weighted by Gasteiger charge is -2.27. The second kappa shape index (κ2) is 9.77. The Morgan fingerprint density at radius 1 is 0.971 bits per heavy atom. The molecule has 1 fully saturated rings. The van der Waals surface area contributed by atoms with Crippen LogP contribution < -0.4 is 9.47 Å². The van der Waals surface area contributed by atoms with Crippen molar-refractivity contribution in [1.29, 1.82) is 0 Å². The Morgan fingerprint density at radius 3 is 2.47 bits per heavy atom. The monoisotopic (exact) mass is 474 g/mol. The zero-order valence-electron chi connectivity index (χ0n) is 19.2.